The van der Waals surface area contributed by atoms with E-state index in [4.69, 9.17) is 5.21 Å². The maximum atomic E-state index is 12.9. The zero-order valence-electron chi connectivity index (χ0n) is 22.0. The summed E-state index contributed by atoms with van der Waals surface area (Å²) in [6, 6.07) is 19.2. The first kappa shape index (κ1) is 29.3. The first-order chi connectivity index (χ1) is 18.0. The summed E-state index contributed by atoms with van der Waals surface area (Å²) in [6.45, 7) is 3.49. The third-order valence-corrected chi connectivity index (χ3v) is 8.60. The highest BCUT2D eigenvalue weighted by Crippen LogP contribution is 2.28. The van der Waals surface area contributed by atoms with Crippen molar-refractivity contribution in [1.82, 2.24) is 20.0 Å². The lowest BCUT2D eigenvalue weighted by molar-refractivity contribution is -0.133. The van der Waals surface area contributed by atoms with Gasteiger partial charge in [0.2, 0.25) is 15.9 Å². The molecule has 3 N–H and O–H groups in total. The van der Waals surface area contributed by atoms with Gasteiger partial charge in [-0.05, 0) is 44.2 Å². The molecule has 1 atom stereocenters. The fraction of sp³-hybridized carbons (Fsp3) is 0.444. The SMILES string of the molecule is CN1C(=O)N(CCCC(CS(=O)(=O)NCCC(c2ccccc2)c2ccccc2)C(=O)NO)C(=O)C1(C)C. The predicted octanol–water partition coefficient (Wildman–Crippen LogP) is 2.70. The standard InChI is InChI=1S/C27H36N4O6S/c1-27(2)25(33)31(26(34)30(27)3)18-10-15-22(24(32)29-35)19-38(36,37)28-17-16-23(20-11-6-4-7-12-20)21-13-8-5-9-14-21/h4-9,11-14,22-23,28,35H,10,15-19H2,1-3H3,(H,29,32). The molecule has 0 spiro atoms. The van der Waals surface area contributed by atoms with E-state index < -0.39 is 39.2 Å². The third-order valence-electron chi connectivity index (χ3n) is 7.12. The fourth-order valence-corrected chi connectivity index (χ4v) is 6.03. The summed E-state index contributed by atoms with van der Waals surface area (Å²) in [7, 11) is -2.33. The number of nitrogens with zero attached hydrogens (tertiary/aromatic N) is 2. The van der Waals surface area contributed by atoms with Crippen LogP contribution in [-0.2, 0) is 19.6 Å². The molecular weight excluding hydrogens is 508 g/mol. The largest absolute Gasteiger partial charge is 0.327 e. The number of sulfonamides is 1. The van der Waals surface area contributed by atoms with Crippen molar-refractivity contribution in [1.29, 1.82) is 0 Å². The molecule has 10 nitrogen and oxygen atoms in total. The quantitative estimate of drug-likeness (QED) is 0.202. The average molecular weight is 545 g/mol. The Labute approximate surface area is 224 Å². The van der Waals surface area contributed by atoms with Crippen LogP contribution in [0.3, 0.4) is 0 Å². The van der Waals surface area contributed by atoms with Crippen LogP contribution in [0.2, 0.25) is 0 Å². The van der Waals surface area contributed by atoms with Crippen LogP contribution in [0.4, 0.5) is 4.79 Å². The van der Waals surface area contributed by atoms with Crippen LogP contribution in [0.25, 0.3) is 0 Å². The molecule has 1 heterocycles. The Morgan fingerprint density at radius 1 is 0.974 bits per heavy atom. The van der Waals surface area contributed by atoms with E-state index in [1.807, 2.05) is 60.7 Å². The molecule has 1 unspecified atom stereocenters. The number of hydrogen-bond donors (Lipinski definition) is 3. The summed E-state index contributed by atoms with van der Waals surface area (Å²) in [5.41, 5.74) is 2.70. The molecule has 0 radical (unpaired) electrons. The fourth-order valence-electron chi connectivity index (χ4n) is 4.63. The van der Waals surface area contributed by atoms with Gasteiger partial charge in [-0.2, -0.15) is 0 Å². The number of nitrogens with one attached hydrogen (secondary N) is 2. The van der Waals surface area contributed by atoms with Crippen molar-refractivity contribution >= 4 is 27.9 Å². The Kier molecular flexibility index (Phi) is 9.64. The normalized spacial score (nSPS) is 16.2. The molecule has 0 saturated carbocycles. The number of likely N-dealkylation sites (N-methyl/N-ethyl adjacent to an activating group) is 1. The lowest BCUT2D eigenvalue weighted by Crippen LogP contribution is -2.41. The van der Waals surface area contributed by atoms with Gasteiger partial charge >= 0.3 is 6.03 Å². The monoisotopic (exact) mass is 544 g/mol. The molecule has 4 amide bonds. The first-order valence-electron chi connectivity index (χ1n) is 12.6. The Balaban J connectivity index is 1.59. The molecule has 11 heteroatoms. The van der Waals surface area contributed by atoms with Crippen molar-refractivity contribution in [2.45, 2.75) is 44.6 Å². The topological polar surface area (TPSA) is 136 Å². The molecular formula is C27H36N4O6S. The van der Waals surface area contributed by atoms with E-state index in [0.717, 1.165) is 16.0 Å². The number of amides is 4. The summed E-state index contributed by atoms with van der Waals surface area (Å²) in [4.78, 5) is 39.7. The highest BCUT2D eigenvalue weighted by molar-refractivity contribution is 7.89. The molecule has 0 aromatic heterocycles. The second kappa shape index (κ2) is 12.5. The van der Waals surface area contributed by atoms with Crippen LogP contribution in [0, 0.1) is 5.92 Å². The second-order valence-corrected chi connectivity index (χ2v) is 11.9. The van der Waals surface area contributed by atoms with Gasteiger partial charge in [0.25, 0.3) is 5.91 Å². The molecule has 0 aliphatic carbocycles. The summed E-state index contributed by atoms with van der Waals surface area (Å²) in [6.07, 6.45) is 0.775. The number of rotatable bonds is 13. The predicted molar refractivity (Wildman–Crippen MR) is 143 cm³/mol. The van der Waals surface area contributed by atoms with Crippen molar-refractivity contribution in [3.63, 3.8) is 0 Å². The summed E-state index contributed by atoms with van der Waals surface area (Å²) in [5, 5.41) is 9.16. The van der Waals surface area contributed by atoms with Crippen molar-refractivity contribution in [3.05, 3.63) is 71.8 Å². The van der Waals surface area contributed by atoms with Crippen LogP contribution < -0.4 is 10.2 Å². The van der Waals surface area contributed by atoms with Crippen molar-refractivity contribution in [3.8, 4) is 0 Å². The van der Waals surface area contributed by atoms with Gasteiger partial charge in [-0.1, -0.05) is 60.7 Å². The number of carbonyl (C=O) groups excluding carboxylic acids is 3. The van der Waals surface area contributed by atoms with Crippen LogP contribution in [0.15, 0.2) is 60.7 Å². The Bertz CT molecular complexity index is 1180. The van der Waals surface area contributed by atoms with E-state index in [0.29, 0.717) is 6.42 Å². The maximum absolute atomic E-state index is 12.9. The van der Waals surface area contributed by atoms with Gasteiger partial charge in [-0.25, -0.2) is 23.4 Å². The minimum Gasteiger partial charge on any atom is -0.313 e. The molecule has 206 valence electrons. The van der Waals surface area contributed by atoms with E-state index in [-0.39, 0.29) is 37.8 Å². The van der Waals surface area contributed by atoms with Gasteiger partial charge in [0.15, 0.2) is 0 Å². The summed E-state index contributed by atoms with van der Waals surface area (Å²) in [5.74, 6) is -2.80. The maximum Gasteiger partial charge on any atom is 0.327 e. The van der Waals surface area contributed by atoms with E-state index in [2.05, 4.69) is 4.72 Å². The number of hydrogen-bond acceptors (Lipinski definition) is 6. The lowest BCUT2D eigenvalue weighted by atomic mass is 9.89. The highest BCUT2D eigenvalue weighted by Gasteiger charge is 2.48. The number of hydroxylamine groups is 1. The van der Waals surface area contributed by atoms with Gasteiger partial charge in [0, 0.05) is 26.1 Å². The van der Waals surface area contributed by atoms with E-state index in [1.165, 1.54) is 10.4 Å². The molecule has 38 heavy (non-hydrogen) atoms. The molecule has 2 aromatic carbocycles. The number of carbonyl (C=O) groups is 3. The zero-order valence-corrected chi connectivity index (χ0v) is 22.8. The third kappa shape index (κ3) is 6.97. The smallest absolute Gasteiger partial charge is 0.313 e. The average Bonchev–Trinajstić information content (AvgIpc) is 3.05. The van der Waals surface area contributed by atoms with Gasteiger partial charge in [-0.15, -0.1) is 0 Å². The lowest BCUT2D eigenvalue weighted by Gasteiger charge is -2.22. The molecule has 3 rings (SSSR count). The van der Waals surface area contributed by atoms with Gasteiger partial charge < -0.3 is 4.90 Å². The molecule has 1 saturated heterocycles. The minimum absolute atomic E-state index is 0.0189. The summed E-state index contributed by atoms with van der Waals surface area (Å²) < 4.78 is 28.3. The number of urea groups is 1. The van der Waals surface area contributed by atoms with Gasteiger partial charge in [-0.3, -0.25) is 19.7 Å². The van der Waals surface area contributed by atoms with Crippen molar-refractivity contribution in [2.24, 2.45) is 5.92 Å². The summed E-state index contributed by atoms with van der Waals surface area (Å²) >= 11 is 0. The Morgan fingerprint density at radius 2 is 1.53 bits per heavy atom. The molecule has 1 fully saturated rings. The Hall–Kier alpha value is -3.28. The van der Waals surface area contributed by atoms with Gasteiger partial charge in [0.1, 0.15) is 5.54 Å². The molecule has 1 aliphatic rings. The minimum atomic E-state index is -3.87. The Morgan fingerprint density at radius 3 is 2.00 bits per heavy atom. The number of benzene rings is 2. The highest BCUT2D eigenvalue weighted by atomic mass is 32.2. The molecule has 1 aliphatic heterocycles. The first-order valence-corrected chi connectivity index (χ1v) is 14.2. The van der Waals surface area contributed by atoms with Crippen LogP contribution in [0.5, 0.6) is 0 Å². The molecule has 2 aromatic rings. The van der Waals surface area contributed by atoms with E-state index >= 15 is 0 Å². The van der Waals surface area contributed by atoms with E-state index in [1.54, 1.807) is 20.9 Å². The van der Waals surface area contributed by atoms with E-state index in [9.17, 15) is 22.8 Å². The van der Waals surface area contributed by atoms with Gasteiger partial charge in [0.05, 0.1) is 11.7 Å². The van der Waals surface area contributed by atoms with Crippen LogP contribution in [0.1, 0.15) is 50.2 Å². The van der Waals surface area contributed by atoms with Crippen molar-refractivity contribution < 1.29 is 28.0 Å². The number of imide groups is 1. The van der Waals surface area contributed by atoms with Crippen LogP contribution in [-0.4, -0.2) is 72.7 Å². The van der Waals surface area contributed by atoms with Crippen molar-refractivity contribution in [2.75, 3.05) is 25.9 Å². The van der Waals surface area contributed by atoms with Crippen LogP contribution >= 0.6 is 0 Å². The molecule has 0 bridgehead atoms. The zero-order chi connectivity index (χ0) is 27.9. The second-order valence-electron chi connectivity index (χ2n) is 10.0.